The van der Waals surface area contributed by atoms with Gasteiger partial charge in [-0.15, -0.1) is 0 Å². The van der Waals surface area contributed by atoms with Crippen LogP contribution in [-0.4, -0.2) is 22.4 Å². The zero-order chi connectivity index (χ0) is 20.7. The molecule has 0 spiro atoms. The molecule has 1 fully saturated rings. The number of ether oxygens (including phenoxy) is 2. The largest absolute Gasteiger partial charge is 0.420 e. The van der Waals surface area contributed by atoms with Crippen molar-refractivity contribution in [2.75, 3.05) is 6.61 Å². The Morgan fingerprint density at radius 2 is 1.90 bits per heavy atom. The summed E-state index contributed by atoms with van der Waals surface area (Å²) in [6, 6.07) is 3.44. The van der Waals surface area contributed by atoms with E-state index in [0.29, 0.717) is 13.0 Å². The van der Waals surface area contributed by atoms with Crippen LogP contribution in [0.25, 0.3) is 10.9 Å². The van der Waals surface area contributed by atoms with E-state index in [-0.39, 0.29) is 37.3 Å². The molecule has 0 N–H and O–H groups in total. The summed E-state index contributed by atoms with van der Waals surface area (Å²) in [5, 5.41) is 4.47. The van der Waals surface area contributed by atoms with Crippen LogP contribution in [0.15, 0.2) is 24.4 Å². The van der Waals surface area contributed by atoms with Crippen LogP contribution in [0.4, 0.5) is 8.78 Å². The highest BCUT2D eigenvalue weighted by molar-refractivity contribution is 6.40. The molecule has 2 heterocycles. The molecular formula is C19H13Cl3F2N2O3. The highest BCUT2D eigenvalue weighted by atomic mass is 35.5. The number of carbonyl (C=O) groups excluding carboxylic acids is 1. The average molecular weight is 462 g/mol. The second-order valence-electron chi connectivity index (χ2n) is 6.48. The summed E-state index contributed by atoms with van der Waals surface area (Å²) in [6.07, 6.45) is 3.08. The summed E-state index contributed by atoms with van der Waals surface area (Å²) in [5.74, 6) is -3.44. The number of aromatic nitrogens is 2. The molecule has 2 aromatic carbocycles. The van der Waals surface area contributed by atoms with Gasteiger partial charge < -0.3 is 9.47 Å². The second-order valence-corrected chi connectivity index (χ2v) is 7.73. The molecule has 1 aromatic heterocycles. The van der Waals surface area contributed by atoms with E-state index in [0.717, 1.165) is 18.9 Å². The summed E-state index contributed by atoms with van der Waals surface area (Å²) >= 11 is 17.9. The minimum Gasteiger partial charge on any atom is -0.420 e. The molecule has 0 amide bonds. The molecule has 1 saturated heterocycles. The van der Waals surface area contributed by atoms with Crippen molar-refractivity contribution in [1.82, 2.24) is 9.78 Å². The summed E-state index contributed by atoms with van der Waals surface area (Å²) < 4.78 is 41.0. The zero-order valence-corrected chi connectivity index (χ0v) is 17.0. The fraction of sp³-hybridized carbons (Fsp3) is 0.263. The van der Waals surface area contributed by atoms with Crippen molar-refractivity contribution in [3.8, 4) is 5.75 Å². The molecule has 29 heavy (non-hydrogen) atoms. The molecule has 1 aliphatic heterocycles. The summed E-state index contributed by atoms with van der Waals surface area (Å²) in [5.41, 5.74) is -0.389. The molecule has 10 heteroatoms. The molecule has 0 radical (unpaired) electrons. The number of fused-ring (bicyclic) bond motifs is 1. The van der Waals surface area contributed by atoms with Gasteiger partial charge in [-0.05, 0) is 37.5 Å². The molecule has 1 aliphatic rings. The van der Waals surface area contributed by atoms with E-state index >= 15 is 0 Å². The van der Waals surface area contributed by atoms with Crippen molar-refractivity contribution in [2.45, 2.75) is 25.5 Å². The molecule has 1 atom stereocenters. The van der Waals surface area contributed by atoms with Gasteiger partial charge in [0.05, 0.1) is 21.8 Å². The number of esters is 1. The monoisotopic (exact) mass is 460 g/mol. The predicted molar refractivity (Wildman–Crippen MR) is 105 cm³/mol. The van der Waals surface area contributed by atoms with Crippen LogP contribution >= 0.6 is 34.8 Å². The Kier molecular flexibility index (Phi) is 5.66. The maximum atomic E-state index is 14.6. The van der Waals surface area contributed by atoms with Gasteiger partial charge in [0, 0.05) is 17.0 Å². The Balaban J connectivity index is 1.77. The van der Waals surface area contributed by atoms with Crippen LogP contribution < -0.4 is 4.74 Å². The highest BCUT2D eigenvalue weighted by Gasteiger charge is 2.27. The number of hydrogen-bond acceptors (Lipinski definition) is 4. The van der Waals surface area contributed by atoms with Crippen LogP contribution in [0, 0.1) is 11.6 Å². The second kappa shape index (κ2) is 8.07. The summed E-state index contributed by atoms with van der Waals surface area (Å²) in [7, 11) is 0. The van der Waals surface area contributed by atoms with E-state index in [2.05, 4.69) is 5.10 Å². The standard InChI is InChI=1S/C19H13Cl3F2N2O3/c20-9-5-12(21)18(13(22)6-9)29-19(27)10-7-14(23)16(24)17-11(10)8-25-26(17)15-3-1-2-4-28-15/h5-8,15H,1-4H2. The van der Waals surface area contributed by atoms with E-state index in [9.17, 15) is 13.6 Å². The van der Waals surface area contributed by atoms with E-state index in [1.165, 1.54) is 23.0 Å². The van der Waals surface area contributed by atoms with Gasteiger partial charge >= 0.3 is 5.97 Å². The van der Waals surface area contributed by atoms with Crippen molar-refractivity contribution in [1.29, 1.82) is 0 Å². The first kappa shape index (κ1) is 20.3. The number of halogens is 5. The fourth-order valence-corrected chi connectivity index (χ4v) is 4.13. The summed E-state index contributed by atoms with van der Waals surface area (Å²) in [4.78, 5) is 12.7. The molecule has 0 aliphatic carbocycles. The van der Waals surface area contributed by atoms with Crippen LogP contribution in [0.2, 0.25) is 15.1 Å². The topological polar surface area (TPSA) is 53.3 Å². The lowest BCUT2D eigenvalue weighted by molar-refractivity contribution is -0.0369. The van der Waals surface area contributed by atoms with Crippen LogP contribution in [-0.2, 0) is 4.74 Å². The van der Waals surface area contributed by atoms with Gasteiger partial charge in [-0.25, -0.2) is 18.3 Å². The van der Waals surface area contributed by atoms with E-state index in [1.807, 2.05) is 0 Å². The van der Waals surface area contributed by atoms with Gasteiger partial charge in [-0.1, -0.05) is 34.8 Å². The normalized spacial score (nSPS) is 16.9. The third-order valence-corrected chi connectivity index (χ3v) is 5.36. The van der Waals surface area contributed by atoms with Gasteiger partial charge in [0.1, 0.15) is 5.52 Å². The molecule has 5 nitrogen and oxygen atoms in total. The maximum absolute atomic E-state index is 14.6. The number of benzene rings is 2. The number of carbonyl (C=O) groups is 1. The first-order chi connectivity index (χ1) is 13.9. The zero-order valence-electron chi connectivity index (χ0n) is 14.7. The third-order valence-electron chi connectivity index (χ3n) is 4.58. The number of rotatable bonds is 3. The van der Waals surface area contributed by atoms with Gasteiger partial charge in [0.2, 0.25) is 0 Å². The van der Waals surface area contributed by atoms with E-state index in [1.54, 1.807) is 0 Å². The van der Waals surface area contributed by atoms with Crippen LogP contribution in [0.5, 0.6) is 5.75 Å². The first-order valence-electron chi connectivity index (χ1n) is 8.70. The molecule has 3 aromatic rings. The predicted octanol–water partition coefficient (Wildman–Crippen LogP) is 6.19. The Morgan fingerprint density at radius 1 is 1.17 bits per heavy atom. The first-order valence-corrected chi connectivity index (χ1v) is 9.83. The Labute approximate surface area is 179 Å². The van der Waals surface area contributed by atoms with Crippen molar-refractivity contribution >= 4 is 51.7 Å². The number of nitrogens with zero attached hydrogens (tertiary/aromatic N) is 2. The molecule has 1 unspecified atom stereocenters. The van der Waals surface area contributed by atoms with Gasteiger partial charge in [-0.3, -0.25) is 0 Å². The van der Waals surface area contributed by atoms with Gasteiger partial charge in [-0.2, -0.15) is 5.10 Å². The lowest BCUT2D eigenvalue weighted by atomic mass is 10.1. The van der Waals surface area contributed by atoms with Crippen molar-refractivity contribution in [3.63, 3.8) is 0 Å². The van der Waals surface area contributed by atoms with Crippen molar-refractivity contribution in [2.24, 2.45) is 0 Å². The molecule has 4 rings (SSSR count). The van der Waals surface area contributed by atoms with E-state index < -0.39 is 23.8 Å². The minimum absolute atomic E-state index is 0.000906. The molecule has 0 bridgehead atoms. The minimum atomic E-state index is -1.21. The lowest BCUT2D eigenvalue weighted by Crippen LogP contribution is -2.20. The maximum Gasteiger partial charge on any atom is 0.344 e. The number of hydrogen-bond donors (Lipinski definition) is 0. The van der Waals surface area contributed by atoms with Gasteiger partial charge in [0.15, 0.2) is 23.6 Å². The van der Waals surface area contributed by atoms with Crippen LogP contribution in [0.1, 0.15) is 35.8 Å². The summed E-state index contributed by atoms with van der Waals surface area (Å²) in [6.45, 7) is 0.491. The molecular weight excluding hydrogens is 449 g/mol. The molecule has 0 saturated carbocycles. The third kappa shape index (κ3) is 3.80. The van der Waals surface area contributed by atoms with E-state index in [4.69, 9.17) is 44.3 Å². The lowest BCUT2D eigenvalue weighted by Gasteiger charge is -2.23. The van der Waals surface area contributed by atoms with Crippen molar-refractivity contribution < 1.29 is 23.0 Å². The fourth-order valence-electron chi connectivity index (χ4n) is 3.24. The Hall–Kier alpha value is -1.93. The van der Waals surface area contributed by atoms with Crippen molar-refractivity contribution in [3.05, 3.63) is 56.7 Å². The smallest absolute Gasteiger partial charge is 0.344 e. The average Bonchev–Trinajstić information content (AvgIpc) is 3.13. The van der Waals surface area contributed by atoms with Crippen LogP contribution in [0.3, 0.4) is 0 Å². The highest BCUT2D eigenvalue weighted by Crippen LogP contribution is 2.37. The van der Waals surface area contributed by atoms with Gasteiger partial charge in [0.25, 0.3) is 0 Å². The SMILES string of the molecule is O=C(Oc1c(Cl)cc(Cl)cc1Cl)c1cc(F)c(F)c2c1cnn2C1CCCCO1. The Morgan fingerprint density at radius 3 is 2.55 bits per heavy atom. The Bertz CT molecular complexity index is 1090. The molecule has 152 valence electrons. The quantitative estimate of drug-likeness (QED) is 0.344.